The van der Waals surface area contributed by atoms with Crippen LogP contribution in [0.25, 0.3) is 5.57 Å². The summed E-state index contributed by atoms with van der Waals surface area (Å²) in [6.07, 6.45) is 6.25. The number of piperazine rings is 2. The summed E-state index contributed by atoms with van der Waals surface area (Å²) in [6, 6.07) is 26.3. The van der Waals surface area contributed by atoms with Gasteiger partial charge in [-0.05, 0) is 128 Å². The maximum Gasteiger partial charge on any atom is 0.501 e. The van der Waals surface area contributed by atoms with E-state index < -0.39 is 70.6 Å². The second kappa shape index (κ2) is 24.9. The number of pyridine rings is 1. The van der Waals surface area contributed by atoms with E-state index in [9.17, 15) is 44.4 Å². The smallest absolute Gasteiger partial charge is 0.380 e. The molecule has 4 aromatic carbocycles. The van der Waals surface area contributed by atoms with Crippen LogP contribution in [0.15, 0.2) is 130 Å². The summed E-state index contributed by atoms with van der Waals surface area (Å²) in [4.78, 5) is 51.0. The van der Waals surface area contributed by atoms with Crippen molar-refractivity contribution in [2.75, 3.05) is 79.8 Å². The first-order chi connectivity index (χ1) is 39.5. The van der Waals surface area contributed by atoms with E-state index in [0.717, 1.165) is 80.7 Å². The summed E-state index contributed by atoms with van der Waals surface area (Å²) in [7, 11) is -11.1. The number of amides is 4. The Morgan fingerprint density at radius 3 is 2.23 bits per heavy atom. The zero-order valence-electron chi connectivity index (χ0n) is 46.0. The van der Waals surface area contributed by atoms with E-state index in [0.29, 0.717) is 55.8 Å². The van der Waals surface area contributed by atoms with Crippen molar-refractivity contribution in [3.05, 3.63) is 142 Å². The van der Waals surface area contributed by atoms with E-state index in [1.807, 2.05) is 47.2 Å². The maximum atomic E-state index is 15.2. The SMILES string of the molecule is CC1(C)CCC(c2ccc(Cl)cc2)=C(CN2CCN(c3ccc(C(=O)NS(=O)(=O)c4ccc(N[C@H](CCN5CC6CCC5CN6Cc5cc(N6CCC(=O)NC6=O)ncc5F)CSc5ccccc5)c(S(=O)(=O)C(F)(F)F)c4)cc3)CC2)C1. The summed E-state index contributed by atoms with van der Waals surface area (Å²) in [6.45, 7) is 10.5. The second-order valence-electron chi connectivity index (χ2n) is 22.7. The lowest BCUT2D eigenvalue weighted by Gasteiger charge is -2.52. The lowest BCUT2D eigenvalue weighted by molar-refractivity contribution is -0.120. The first-order valence-electron chi connectivity index (χ1n) is 27.7. The Morgan fingerprint density at radius 1 is 0.855 bits per heavy atom. The predicted octanol–water partition coefficient (Wildman–Crippen LogP) is 9.83. The summed E-state index contributed by atoms with van der Waals surface area (Å²) in [5.41, 5.74) is -0.932. The summed E-state index contributed by atoms with van der Waals surface area (Å²) in [5.74, 6) is -1.48. The van der Waals surface area contributed by atoms with Crippen molar-refractivity contribution in [2.24, 2.45) is 5.41 Å². The van der Waals surface area contributed by atoms with Gasteiger partial charge in [-0.2, -0.15) is 13.2 Å². The molecule has 2 bridgehead atoms. The van der Waals surface area contributed by atoms with Gasteiger partial charge in [0.2, 0.25) is 5.91 Å². The van der Waals surface area contributed by atoms with Gasteiger partial charge in [0.05, 0.1) is 16.8 Å². The molecular formula is C59H66ClF4N9O7S3. The highest BCUT2D eigenvalue weighted by atomic mass is 35.5. The zero-order chi connectivity index (χ0) is 58.8. The molecule has 83 heavy (non-hydrogen) atoms. The number of thioether (sulfide) groups is 1. The minimum atomic E-state index is -6.16. The van der Waals surface area contributed by atoms with Gasteiger partial charge in [0, 0.05) is 122 Å². The molecule has 0 radical (unpaired) electrons. The van der Waals surface area contributed by atoms with Gasteiger partial charge < -0.3 is 10.2 Å². The van der Waals surface area contributed by atoms with Crippen LogP contribution in [0.5, 0.6) is 0 Å². The number of imide groups is 1. The van der Waals surface area contributed by atoms with Crippen LogP contribution in [0, 0.1) is 11.2 Å². The molecule has 6 heterocycles. The average Bonchev–Trinajstić information content (AvgIpc) is 3.61. The Hall–Kier alpha value is -6.08. The molecule has 4 amide bonds. The number of hydrogen-bond acceptors (Lipinski definition) is 14. The van der Waals surface area contributed by atoms with E-state index in [2.05, 4.69) is 61.2 Å². The Bertz CT molecular complexity index is 3480. The van der Waals surface area contributed by atoms with Gasteiger partial charge in [-0.15, -0.1) is 11.8 Å². The van der Waals surface area contributed by atoms with Crippen molar-refractivity contribution in [2.45, 2.75) is 104 Å². The van der Waals surface area contributed by atoms with Gasteiger partial charge in [-0.3, -0.25) is 34.5 Å². The maximum absolute atomic E-state index is 15.2. The Balaban J connectivity index is 0.794. The summed E-state index contributed by atoms with van der Waals surface area (Å²) < 4.78 is 115. The third-order valence-electron chi connectivity index (χ3n) is 16.4. The van der Waals surface area contributed by atoms with Gasteiger partial charge in [-0.1, -0.05) is 61.4 Å². The van der Waals surface area contributed by atoms with Crippen molar-refractivity contribution in [3.8, 4) is 0 Å². The topological polar surface area (TPSA) is 185 Å². The van der Waals surface area contributed by atoms with Crippen LogP contribution < -0.4 is 25.2 Å². The van der Waals surface area contributed by atoms with Crippen molar-refractivity contribution in [3.63, 3.8) is 0 Å². The Morgan fingerprint density at radius 2 is 1.55 bits per heavy atom. The molecule has 6 aliphatic rings. The first-order valence-corrected chi connectivity index (χ1v) is 32.1. The molecule has 5 saturated heterocycles. The molecule has 1 aliphatic carbocycles. The quantitative estimate of drug-likeness (QED) is 0.0524. The second-order valence-corrected chi connectivity index (χ2v) is 27.9. The number of piperidine rings is 2. The van der Waals surface area contributed by atoms with E-state index in [1.54, 1.807) is 12.1 Å². The van der Waals surface area contributed by atoms with Crippen LogP contribution in [0.4, 0.5) is 39.5 Å². The normalized spacial score (nSPS) is 20.6. The van der Waals surface area contributed by atoms with Crippen LogP contribution in [-0.4, -0.2) is 143 Å². The molecule has 2 unspecified atom stereocenters. The molecule has 0 saturated carbocycles. The monoisotopic (exact) mass is 1220 g/mol. The molecule has 0 spiro atoms. The molecule has 1 aromatic heterocycles. The lowest BCUT2D eigenvalue weighted by Crippen LogP contribution is -2.62. The molecule has 5 fully saturated rings. The third kappa shape index (κ3) is 14.2. The Labute approximate surface area is 491 Å². The highest BCUT2D eigenvalue weighted by molar-refractivity contribution is 7.99. The average molecular weight is 1220 g/mol. The molecule has 5 aliphatic heterocycles. The van der Waals surface area contributed by atoms with Crippen molar-refractivity contribution >= 4 is 83.8 Å². The molecule has 3 atom stereocenters. The predicted molar refractivity (Wildman–Crippen MR) is 313 cm³/mol. The van der Waals surface area contributed by atoms with Crippen LogP contribution in [0.3, 0.4) is 0 Å². The third-order valence-corrected chi connectivity index (χ3v) is 20.7. The largest absolute Gasteiger partial charge is 0.501 e. The van der Waals surface area contributed by atoms with Gasteiger partial charge in [0.1, 0.15) is 16.5 Å². The number of carbonyl (C=O) groups excluding carboxylic acids is 3. The van der Waals surface area contributed by atoms with Gasteiger partial charge >= 0.3 is 11.5 Å². The van der Waals surface area contributed by atoms with Gasteiger partial charge in [0.15, 0.2) is 0 Å². The summed E-state index contributed by atoms with van der Waals surface area (Å²) in [5, 5.41) is 6.00. The number of fused-ring (bicyclic) bond motifs is 3. The number of sulfone groups is 1. The first kappa shape index (κ1) is 60.1. The molecule has 24 heteroatoms. The summed E-state index contributed by atoms with van der Waals surface area (Å²) >= 11 is 7.62. The van der Waals surface area contributed by atoms with Crippen LogP contribution in [0.1, 0.15) is 80.3 Å². The number of aromatic nitrogens is 1. The number of urea groups is 1. The van der Waals surface area contributed by atoms with Crippen molar-refractivity contribution in [1.82, 2.24) is 29.7 Å². The molecule has 5 aromatic rings. The van der Waals surface area contributed by atoms with E-state index in [1.165, 1.54) is 51.6 Å². The molecule has 11 rings (SSSR count). The van der Waals surface area contributed by atoms with Crippen molar-refractivity contribution < 1.29 is 48.8 Å². The highest BCUT2D eigenvalue weighted by Gasteiger charge is 2.49. The van der Waals surface area contributed by atoms with Gasteiger partial charge in [-0.25, -0.2) is 35.7 Å². The fourth-order valence-corrected chi connectivity index (χ4v) is 15.0. The Kier molecular flexibility index (Phi) is 18.0. The van der Waals surface area contributed by atoms with Crippen molar-refractivity contribution in [1.29, 1.82) is 0 Å². The number of hydrogen-bond donors (Lipinski definition) is 3. The molecule has 442 valence electrons. The highest BCUT2D eigenvalue weighted by Crippen LogP contribution is 2.43. The number of alkyl halides is 3. The number of halogens is 5. The number of rotatable bonds is 19. The molecule has 3 N–H and O–H groups in total. The van der Waals surface area contributed by atoms with E-state index >= 15 is 4.39 Å². The number of benzene rings is 4. The van der Waals surface area contributed by atoms with Crippen LogP contribution >= 0.6 is 23.4 Å². The fourth-order valence-electron chi connectivity index (χ4n) is 11.9. The fraction of sp³-hybridized carbons (Fsp3) is 0.424. The minimum absolute atomic E-state index is 0.0149. The van der Waals surface area contributed by atoms with E-state index in [4.69, 9.17) is 11.6 Å². The molecule has 16 nitrogen and oxygen atoms in total. The number of nitrogens with zero attached hydrogens (tertiary/aromatic N) is 6. The van der Waals surface area contributed by atoms with Crippen LogP contribution in [0.2, 0.25) is 5.02 Å². The number of nitrogens with one attached hydrogen (secondary N) is 3. The number of carbonyl (C=O) groups is 3. The van der Waals surface area contributed by atoms with Gasteiger partial charge in [0.25, 0.3) is 25.8 Å². The van der Waals surface area contributed by atoms with Crippen LogP contribution in [-0.2, 0) is 31.2 Å². The van der Waals surface area contributed by atoms with E-state index in [-0.39, 0.29) is 54.1 Å². The minimum Gasteiger partial charge on any atom is -0.380 e. The molecular weight excluding hydrogens is 1150 g/mol. The number of sulfonamides is 1. The lowest BCUT2D eigenvalue weighted by atomic mass is 9.73. The standard InChI is InChI=1S/C59H66ClF4N9O7S3/c1-58(2)23-20-50(39-8-12-43(60)13-9-39)42(32-58)34-69-26-28-70(29-27-69)45-14-10-40(11-15-45)56(75)68-83(79,80)49-18-19-52(53(31-49)82(77,78)59(62,63)64)66-44(38-81-48-6-4-3-5-7-48)21-24-71-36-47-17-16-46(71)37-72(47)35-41-30-54(65-33-51(41)61)73-25-22-55(74)67-57(73)76/h3-15,18-19,30-31,33,44,46-47,66H,16-17,20-29,32,34-38H2,1-2H3,(H,68,75)(H,67,74,76)/t44-,46?,47?/m1/s1. The zero-order valence-corrected chi connectivity index (χ0v) is 49.2. The number of anilines is 3. The number of allylic oxidation sites excluding steroid dienone is 1.